The summed E-state index contributed by atoms with van der Waals surface area (Å²) in [5, 5.41) is 16.7. The largest absolute Gasteiger partial charge is 0.481 e. The van der Waals surface area contributed by atoms with E-state index in [0.29, 0.717) is 0 Å². The zero-order valence-corrected chi connectivity index (χ0v) is 11.7. The molecule has 0 bridgehead atoms. The summed E-state index contributed by atoms with van der Waals surface area (Å²) in [7, 11) is -7.18. The Bertz CT molecular complexity index is 468. The lowest BCUT2D eigenvalue weighted by atomic mass is 10.5. The highest BCUT2D eigenvalue weighted by molar-refractivity contribution is 7.92. The molecule has 0 heterocycles. The van der Waals surface area contributed by atoms with Crippen molar-refractivity contribution in [3.8, 4) is 0 Å². The first-order valence-electron chi connectivity index (χ1n) is 5.38. The monoisotopic (exact) mass is 316 g/mol. The number of rotatable bonds is 10. The first-order chi connectivity index (χ1) is 8.54. The van der Waals surface area contributed by atoms with Gasteiger partial charge in [-0.1, -0.05) is 0 Å². The van der Waals surface area contributed by atoms with Crippen LogP contribution in [-0.2, 0) is 29.3 Å². The van der Waals surface area contributed by atoms with Gasteiger partial charge in [-0.15, -0.1) is 0 Å². The van der Waals surface area contributed by atoms with Gasteiger partial charge in [0, 0.05) is 0 Å². The molecule has 0 atom stereocenters. The zero-order chi connectivity index (χ0) is 15.1. The normalized spacial score (nSPS) is 12.2. The van der Waals surface area contributed by atoms with Crippen molar-refractivity contribution in [3.05, 3.63) is 0 Å². The minimum atomic E-state index is -3.59. The van der Waals surface area contributed by atoms with Gasteiger partial charge in [0.05, 0.1) is 35.9 Å². The summed E-state index contributed by atoms with van der Waals surface area (Å²) in [6.07, 6.45) is -1.20. The fraction of sp³-hybridized carbons (Fsp3) is 0.778. The quantitative estimate of drug-likeness (QED) is 0.531. The smallest absolute Gasteiger partial charge is 0.304 e. The maximum Gasteiger partial charge on any atom is 0.304 e. The molecule has 0 aliphatic rings. The lowest BCUT2D eigenvalue weighted by Crippen LogP contribution is -2.19. The molecule has 0 spiro atoms. The van der Waals surface area contributed by atoms with Gasteiger partial charge >= 0.3 is 11.9 Å². The van der Waals surface area contributed by atoms with E-state index in [1.807, 2.05) is 0 Å². The molecule has 0 unspecified atom stereocenters. The van der Waals surface area contributed by atoms with E-state index in [2.05, 4.69) is 0 Å². The molecule has 0 aromatic rings. The van der Waals surface area contributed by atoms with Crippen LogP contribution in [0.2, 0.25) is 0 Å². The molecular weight excluding hydrogens is 300 g/mol. The van der Waals surface area contributed by atoms with Crippen LogP contribution in [0.3, 0.4) is 0 Å². The Morgan fingerprint density at radius 1 is 0.684 bits per heavy atom. The predicted molar refractivity (Wildman–Crippen MR) is 66.4 cm³/mol. The highest BCUT2D eigenvalue weighted by Crippen LogP contribution is 2.02. The minimum Gasteiger partial charge on any atom is -0.481 e. The van der Waals surface area contributed by atoms with Gasteiger partial charge in [0.25, 0.3) is 0 Å². The van der Waals surface area contributed by atoms with Crippen LogP contribution in [0.1, 0.15) is 19.3 Å². The average Bonchev–Trinajstić information content (AvgIpc) is 2.23. The lowest BCUT2D eigenvalue weighted by molar-refractivity contribution is -0.137. The summed E-state index contributed by atoms with van der Waals surface area (Å²) >= 11 is 0. The highest BCUT2D eigenvalue weighted by Gasteiger charge is 2.17. The first-order valence-corrected chi connectivity index (χ1v) is 9.03. The number of hydrogen-bond donors (Lipinski definition) is 2. The molecule has 0 rings (SSSR count). The van der Waals surface area contributed by atoms with Crippen molar-refractivity contribution in [2.75, 3.05) is 23.0 Å². The molecule has 0 radical (unpaired) electrons. The van der Waals surface area contributed by atoms with E-state index in [-0.39, 0.29) is 6.42 Å². The topological polar surface area (TPSA) is 143 Å². The molecule has 19 heavy (non-hydrogen) atoms. The number of sulfone groups is 2. The summed E-state index contributed by atoms with van der Waals surface area (Å²) in [6.45, 7) is 0. The molecule has 0 amide bonds. The second kappa shape index (κ2) is 7.43. The van der Waals surface area contributed by atoms with Crippen LogP contribution in [0, 0.1) is 0 Å². The molecule has 0 saturated heterocycles. The van der Waals surface area contributed by atoms with E-state index >= 15 is 0 Å². The Morgan fingerprint density at radius 2 is 1.00 bits per heavy atom. The second-order valence-corrected chi connectivity index (χ2v) is 8.55. The number of aliphatic carboxylic acids is 2. The third kappa shape index (κ3) is 10.4. The summed E-state index contributed by atoms with van der Waals surface area (Å²) in [5.41, 5.74) is 0. The number of carboxylic acid groups (broad SMARTS) is 2. The maximum atomic E-state index is 11.3. The number of hydrogen-bond acceptors (Lipinski definition) is 6. The van der Waals surface area contributed by atoms with E-state index in [1.165, 1.54) is 0 Å². The Kier molecular flexibility index (Phi) is 6.98. The molecule has 10 heteroatoms. The van der Waals surface area contributed by atoms with Gasteiger partial charge in [0.15, 0.2) is 19.7 Å². The molecule has 0 aromatic heterocycles. The molecular formula is C9H16O8S2. The maximum absolute atomic E-state index is 11.3. The predicted octanol–water partition coefficient (Wildman–Crippen LogP) is -0.844. The Balaban J connectivity index is 4.14. The summed E-state index contributed by atoms with van der Waals surface area (Å²) in [4.78, 5) is 20.4. The minimum absolute atomic E-state index is 0.163. The molecule has 0 aliphatic carbocycles. The lowest BCUT2D eigenvalue weighted by Gasteiger charge is -2.04. The van der Waals surface area contributed by atoms with Crippen molar-refractivity contribution in [3.63, 3.8) is 0 Å². The molecule has 112 valence electrons. The van der Waals surface area contributed by atoms with E-state index in [0.717, 1.165) is 0 Å². The van der Waals surface area contributed by atoms with E-state index in [1.54, 1.807) is 0 Å². The van der Waals surface area contributed by atoms with Gasteiger partial charge in [-0.05, 0) is 6.42 Å². The zero-order valence-electron chi connectivity index (χ0n) is 10.1. The van der Waals surface area contributed by atoms with Crippen molar-refractivity contribution in [2.45, 2.75) is 19.3 Å². The van der Waals surface area contributed by atoms with Crippen LogP contribution in [0.5, 0.6) is 0 Å². The summed E-state index contributed by atoms with van der Waals surface area (Å²) in [6, 6.07) is 0. The van der Waals surface area contributed by atoms with Gasteiger partial charge in [-0.2, -0.15) is 0 Å². The summed E-state index contributed by atoms with van der Waals surface area (Å²) in [5.74, 6) is -4.39. The van der Waals surface area contributed by atoms with E-state index in [9.17, 15) is 26.4 Å². The third-order valence-electron chi connectivity index (χ3n) is 2.16. The van der Waals surface area contributed by atoms with Crippen LogP contribution >= 0.6 is 0 Å². The van der Waals surface area contributed by atoms with Crippen LogP contribution < -0.4 is 0 Å². The molecule has 0 aliphatic heterocycles. The molecule has 0 saturated carbocycles. The Labute approximate surface area is 111 Å². The Hall–Kier alpha value is -1.16. The fourth-order valence-corrected chi connectivity index (χ4v) is 3.92. The molecule has 0 fully saturated rings. The van der Waals surface area contributed by atoms with Crippen molar-refractivity contribution in [2.24, 2.45) is 0 Å². The van der Waals surface area contributed by atoms with Gasteiger partial charge in [0.2, 0.25) is 0 Å². The fourth-order valence-electron chi connectivity index (χ4n) is 1.19. The van der Waals surface area contributed by atoms with Crippen LogP contribution in [0.15, 0.2) is 0 Å². The van der Waals surface area contributed by atoms with Gasteiger partial charge in [-0.25, -0.2) is 16.8 Å². The number of carboxylic acids is 2. The molecule has 2 N–H and O–H groups in total. The third-order valence-corrected chi connectivity index (χ3v) is 5.64. The van der Waals surface area contributed by atoms with E-state index < -0.39 is 67.5 Å². The molecule has 8 nitrogen and oxygen atoms in total. The highest BCUT2D eigenvalue weighted by atomic mass is 32.2. The standard InChI is InChI=1S/C9H16O8S2/c10-8(11)2-6-18(14,15)4-1-5-19(16,17)7-3-9(12)13/h1-7H2,(H,10,11)(H,12,13). The number of carbonyl (C=O) groups is 2. The van der Waals surface area contributed by atoms with Crippen molar-refractivity contribution in [1.29, 1.82) is 0 Å². The Morgan fingerprint density at radius 3 is 1.26 bits per heavy atom. The SMILES string of the molecule is O=C(O)CCS(=O)(=O)CCCS(=O)(=O)CCC(=O)O. The van der Waals surface area contributed by atoms with Gasteiger partial charge in [-0.3, -0.25) is 9.59 Å². The first kappa shape index (κ1) is 17.8. The summed E-state index contributed by atoms with van der Waals surface area (Å²) < 4.78 is 45.3. The molecule has 0 aromatic carbocycles. The van der Waals surface area contributed by atoms with Crippen LogP contribution in [0.4, 0.5) is 0 Å². The second-order valence-electron chi connectivity index (χ2n) is 3.94. The van der Waals surface area contributed by atoms with Gasteiger partial charge < -0.3 is 10.2 Å². The van der Waals surface area contributed by atoms with Gasteiger partial charge in [0.1, 0.15) is 0 Å². The van der Waals surface area contributed by atoms with Crippen molar-refractivity contribution in [1.82, 2.24) is 0 Å². The van der Waals surface area contributed by atoms with Crippen LogP contribution in [-0.4, -0.2) is 62.0 Å². The van der Waals surface area contributed by atoms with Crippen molar-refractivity contribution < 1.29 is 36.6 Å². The van der Waals surface area contributed by atoms with Crippen molar-refractivity contribution >= 4 is 31.6 Å². The van der Waals surface area contributed by atoms with Crippen LogP contribution in [0.25, 0.3) is 0 Å². The average molecular weight is 316 g/mol. The van der Waals surface area contributed by atoms with E-state index in [4.69, 9.17) is 10.2 Å².